The minimum atomic E-state index is -0.421. The molecule has 11 heteroatoms. The number of ether oxygens (including phenoxy) is 3. The first-order chi connectivity index (χ1) is 23.8. The smallest absolute Gasteiger partial charge is 0.337 e. The SMILES string of the molecule is CCC[C@@H](CCO)Nc1nc(N(Cc2ccc(OC)cc2)Cc2ccc(OC)cc2)nc2ccn(Cc3ccc(C(=O)OC)cc3)c(=O)c12. The van der Waals surface area contributed by atoms with Crippen molar-refractivity contribution in [1.29, 1.82) is 0 Å². The number of esters is 1. The van der Waals surface area contributed by atoms with Crippen molar-refractivity contribution in [2.75, 3.05) is 38.2 Å². The van der Waals surface area contributed by atoms with Crippen LogP contribution in [-0.2, 0) is 24.4 Å². The number of carbonyl (C=O) groups is 1. The molecule has 0 aliphatic heterocycles. The summed E-state index contributed by atoms with van der Waals surface area (Å²) in [6.07, 6.45) is 3.91. The van der Waals surface area contributed by atoms with Crippen LogP contribution >= 0.6 is 0 Å². The maximum Gasteiger partial charge on any atom is 0.337 e. The summed E-state index contributed by atoms with van der Waals surface area (Å²) in [7, 11) is 4.62. The first-order valence-electron chi connectivity index (χ1n) is 16.3. The average Bonchev–Trinajstić information content (AvgIpc) is 3.13. The predicted molar refractivity (Wildman–Crippen MR) is 191 cm³/mol. The van der Waals surface area contributed by atoms with E-state index in [1.165, 1.54) is 7.11 Å². The molecule has 0 bridgehead atoms. The number of methoxy groups -OCH3 is 3. The first-order valence-corrected chi connectivity index (χ1v) is 16.3. The molecule has 0 radical (unpaired) electrons. The Hall–Kier alpha value is -5.42. The van der Waals surface area contributed by atoms with Gasteiger partial charge in [0.1, 0.15) is 22.7 Å². The zero-order chi connectivity index (χ0) is 34.8. The summed E-state index contributed by atoms with van der Waals surface area (Å²) < 4.78 is 17.2. The molecule has 3 aromatic carbocycles. The number of aromatic nitrogens is 3. The van der Waals surface area contributed by atoms with Crippen LogP contribution in [0.4, 0.5) is 11.8 Å². The number of benzene rings is 3. The second-order valence-corrected chi connectivity index (χ2v) is 11.8. The monoisotopic (exact) mass is 665 g/mol. The lowest BCUT2D eigenvalue weighted by Gasteiger charge is -2.25. The van der Waals surface area contributed by atoms with Crippen LogP contribution in [-0.4, -0.2) is 59.6 Å². The zero-order valence-electron chi connectivity index (χ0n) is 28.4. The van der Waals surface area contributed by atoms with E-state index in [9.17, 15) is 14.7 Å². The van der Waals surface area contributed by atoms with E-state index in [0.29, 0.717) is 47.7 Å². The molecule has 0 saturated carbocycles. The molecule has 0 amide bonds. The molecule has 256 valence electrons. The number of hydrogen-bond acceptors (Lipinski definition) is 10. The van der Waals surface area contributed by atoms with Gasteiger partial charge in [-0.2, -0.15) is 4.98 Å². The van der Waals surface area contributed by atoms with E-state index in [1.54, 1.807) is 49.2 Å². The van der Waals surface area contributed by atoms with Gasteiger partial charge in [0.25, 0.3) is 5.56 Å². The van der Waals surface area contributed by atoms with Crippen molar-refractivity contribution >= 4 is 28.6 Å². The van der Waals surface area contributed by atoms with Crippen molar-refractivity contribution in [2.24, 2.45) is 0 Å². The third-order valence-corrected chi connectivity index (χ3v) is 8.34. The molecule has 2 heterocycles. The third-order valence-electron chi connectivity index (χ3n) is 8.34. The van der Waals surface area contributed by atoms with Crippen molar-refractivity contribution in [3.63, 3.8) is 0 Å². The second kappa shape index (κ2) is 16.6. The number of hydrogen-bond donors (Lipinski definition) is 2. The minimum Gasteiger partial charge on any atom is -0.497 e. The molecule has 5 aromatic rings. The molecule has 11 nitrogen and oxygen atoms in total. The van der Waals surface area contributed by atoms with E-state index in [0.717, 1.165) is 41.0 Å². The van der Waals surface area contributed by atoms with E-state index in [-0.39, 0.29) is 24.8 Å². The molecule has 5 rings (SSSR count). The van der Waals surface area contributed by atoms with Crippen molar-refractivity contribution in [3.8, 4) is 11.5 Å². The number of rotatable bonds is 16. The van der Waals surface area contributed by atoms with Gasteiger partial charge in [0.2, 0.25) is 5.95 Å². The molecule has 2 aromatic heterocycles. The van der Waals surface area contributed by atoms with Crippen molar-refractivity contribution in [3.05, 3.63) is 118 Å². The molecule has 0 aliphatic carbocycles. The summed E-state index contributed by atoms with van der Waals surface area (Å²) in [5.74, 6) is 1.98. The summed E-state index contributed by atoms with van der Waals surface area (Å²) in [4.78, 5) is 38.1. The summed E-state index contributed by atoms with van der Waals surface area (Å²) >= 11 is 0. The lowest BCUT2D eigenvalue weighted by molar-refractivity contribution is 0.0600. The highest BCUT2D eigenvalue weighted by Crippen LogP contribution is 2.26. The Balaban J connectivity index is 1.59. The first kappa shape index (κ1) is 34.9. The number of fused-ring (bicyclic) bond motifs is 1. The number of pyridine rings is 1. The number of nitrogens with one attached hydrogen (secondary N) is 1. The largest absolute Gasteiger partial charge is 0.497 e. The van der Waals surface area contributed by atoms with Crippen LogP contribution in [0.5, 0.6) is 11.5 Å². The van der Waals surface area contributed by atoms with Gasteiger partial charge < -0.3 is 34.1 Å². The second-order valence-electron chi connectivity index (χ2n) is 11.8. The molecular weight excluding hydrogens is 622 g/mol. The lowest BCUT2D eigenvalue weighted by atomic mass is 10.1. The highest BCUT2D eigenvalue weighted by molar-refractivity contribution is 5.90. The summed E-state index contributed by atoms with van der Waals surface area (Å²) in [5.41, 5.74) is 3.60. The van der Waals surface area contributed by atoms with E-state index in [1.807, 2.05) is 54.6 Å². The van der Waals surface area contributed by atoms with Crippen LogP contribution < -0.4 is 25.2 Å². The molecule has 0 fully saturated rings. The Morgan fingerprint density at radius 3 is 1.96 bits per heavy atom. The summed E-state index contributed by atoms with van der Waals surface area (Å²) in [6, 6.07) is 24.4. The average molecular weight is 666 g/mol. The Labute approximate surface area is 286 Å². The van der Waals surface area contributed by atoms with Crippen LogP contribution in [0.1, 0.15) is 53.2 Å². The number of nitrogens with zero attached hydrogens (tertiary/aromatic N) is 4. The summed E-state index contributed by atoms with van der Waals surface area (Å²) in [5, 5.41) is 13.7. The highest BCUT2D eigenvalue weighted by Gasteiger charge is 2.20. The van der Waals surface area contributed by atoms with Gasteiger partial charge in [-0.15, -0.1) is 0 Å². The highest BCUT2D eigenvalue weighted by atomic mass is 16.5. The number of carbonyl (C=O) groups excluding carboxylic acids is 1. The van der Waals surface area contributed by atoms with Gasteiger partial charge >= 0.3 is 5.97 Å². The van der Waals surface area contributed by atoms with Crippen LogP contribution in [0.15, 0.2) is 89.9 Å². The number of aliphatic hydroxyl groups excluding tert-OH is 1. The standard InChI is InChI=1S/C38H43N5O6/c1-5-6-30(20-22-44)39-35-34-33(19-21-42(36(34)45)23-26-7-13-29(14-8-26)37(46)49-4)40-38(41-35)43(24-27-9-15-31(47-2)16-10-27)25-28-11-17-32(48-3)18-12-28/h7-19,21,30,44H,5-6,20,22-25H2,1-4H3,(H,39,40,41)/t30-/m0/s1. The van der Waals surface area contributed by atoms with E-state index in [2.05, 4.69) is 17.1 Å². The Morgan fingerprint density at radius 2 is 1.43 bits per heavy atom. The van der Waals surface area contributed by atoms with Crippen LogP contribution in [0.3, 0.4) is 0 Å². The minimum absolute atomic E-state index is 0.000403. The van der Waals surface area contributed by atoms with Crippen LogP contribution in [0.25, 0.3) is 10.9 Å². The van der Waals surface area contributed by atoms with Gasteiger partial charge in [-0.1, -0.05) is 49.7 Å². The normalized spacial score (nSPS) is 11.6. The third kappa shape index (κ3) is 8.74. The van der Waals surface area contributed by atoms with Crippen molar-refractivity contribution in [2.45, 2.75) is 51.9 Å². The van der Waals surface area contributed by atoms with Gasteiger partial charge in [-0.25, -0.2) is 9.78 Å². The van der Waals surface area contributed by atoms with Crippen molar-refractivity contribution < 1.29 is 24.1 Å². The molecular formula is C38H43N5O6. The molecule has 2 N–H and O–H groups in total. The van der Waals surface area contributed by atoms with Crippen LogP contribution in [0, 0.1) is 0 Å². The van der Waals surface area contributed by atoms with Crippen molar-refractivity contribution in [1.82, 2.24) is 14.5 Å². The van der Waals surface area contributed by atoms with E-state index >= 15 is 0 Å². The van der Waals surface area contributed by atoms with Gasteiger partial charge in [0.05, 0.1) is 39.0 Å². The fourth-order valence-electron chi connectivity index (χ4n) is 5.69. The number of anilines is 2. The maximum absolute atomic E-state index is 14.1. The molecule has 49 heavy (non-hydrogen) atoms. The quantitative estimate of drug-likeness (QED) is 0.125. The summed E-state index contributed by atoms with van der Waals surface area (Å²) in [6.45, 7) is 3.36. The van der Waals surface area contributed by atoms with E-state index < -0.39 is 5.97 Å². The van der Waals surface area contributed by atoms with Crippen LogP contribution in [0.2, 0.25) is 0 Å². The molecule has 0 spiro atoms. The molecule has 0 aliphatic rings. The molecule has 0 saturated heterocycles. The maximum atomic E-state index is 14.1. The Morgan fingerprint density at radius 1 is 0.837 bits per heavy atom. The van der Waals surface area contributed by atoms with E-state index in [4.69, 9.17) is 24.2 Å². The fourth-order valence-corrected chi connectivity index (χ4v) is 5.69. The molecule has 0 unspecified atom stereocenters. The Kier molecular flexibility index (Phi) is 11.8. The number of aliphatic hydroxyl groups is 1. The fraction of sp³-hybridized carbons (Fsp3) is 0.316. The predicted octanol–water partition coefficient (Wildman–Crippen LogP) is 5.81. The zero-order valence-corrected chi connectivity index (χ0v) is 28.4. The van der Waals surface area contributed by atoms with Gasteiger partial charge in [0.15, 0.2) is 0 Å². The lowest BCUT2D eigenvalue weighted by Crippen LogP contribution is -2.28. The Bertz CT molecular complexity index is 1840. The topological polar surface area (TPSA) is 128 Å². The van der Waals surface area contributed by atoms with Gasteiger partial charge in [-0.05, 0) is 72.0 Å². The van der Waals surface area contributed by atoms with Gasteiger partial charge in [0, 0.05) is 31.9 Å². The van der Waals surface area contributed by atoms with Gasteiger partial charge in [-0.3, -0.25) is 4.79 Å². The molecule has 1 atom stereocenters.